The van der Waals surface area contributed by atoms with Crippen molar-refractivity contribution in [1.82, 2.24) is 0 Å². The van der Waals surface area contributed by atoms with E-state index in [1.54, 1.807) is 0 Å². The highest BCUT2D eigenvalue weighted by Crippen LogP contribution is 2.16. The molecule has 2 aromatic rings. The van der Waals surface area contributed by atoms with Crippen molar-refractivity contribution in [3.05, 3.63) is 71.8 Å². The second-order valence-corrected chi connectivity index (χ2v) is 4.25. The van der Waals surface area contributed by atoms with Crippen LogP contribution in [0.15, 0.2) is 60.7 Å². The average molecular weight is 260 g/mol. The topological polar surface area (TPSA) is 9.23 Å². The lowest BCUT2D eigenvalue weighted by atomic mass is 10.1. The Bertz CT molecular complexity index is 612. The van der Waals surface area contributed by atoms with Crippen LogP contribution in [0.5, 0.6) is 0 Å². The van der Waals surface area contributed by atoms with Crippen LogP contribution < -0.4 is 0 Å². The van der Waals surface area contributed by atoms with Crippen molar-refractivity contribution in [3.63, 3.8) is 0 Å². The summed E-state index contributed by atoms with van der Waals surface area (Å²) in [5.41, 5.74) is 2.03. The normalized spacial score (nSPS) is 10.9. The van der Waals surface area contributed by atoms with Crippen molar-refractivity contribution in [3.8, 4) is 24.2 Å². The molecule has 1 unspecified atom stereocenters. The summed E-state index contributed by atoms with van der Waals surface area (Å²) in [7, 11) is 0. The zero-order valence-corrected chi connectivity index (χ0v) is 11.3. The van der Waals surface area contributed by atoms with Crippen molar-refractivity contribution in [2.75, 3.05) is 6.61 Å². The first kappa shape index (κ1) is 13.9. The van der Waals surface area contributed by atoms with Gasteiger partial charge in [0.15, 0.2) is 0 Å². The van der Waals surface area contributed by atoms with Gasteiger partial charge >= 0.3 is 0 Å². The second kappa shape index (κ2) is 7.85. The van der Waals surface area contributed by atoms with Crippen LogP contribution in [0.4, 0.5) is 0 Å². The van der Waals surface area contributed by atoms with E-state index in [-0.39, 0.29) is 6.10 Å². The summed E-state index contributed by atoms with van der Waals surface area (Å²) in [5, 5.41) is 0. The van der Waals surface area contributed by atoms with E-state index < -0.39 is 0 Å². The molecule has 0 saturated heterocycles. The Hall–Kier alpha value is -2.48. The maximum atomic E-state index is 5.77. The SMILES string of the molecule is C#CCCOC(C#Cc1ccccc1)c1ccccc1. The van der Waals surface area contributed by atoms with Crippen molar-refractivity contribution in [2.24, 2.45) is 0 Å². The fourth-order valence-electron chi connectivity index (χ4n) is 1.76. The highest BCUT2D eigenvalue weighted by atomic mass is 16.5. The number of hydrogen-bond acceptors (Lipinski definition) is 1. The number of terminal acetylenes is 1. The minimum atomic E-state index is -0.246. The van der Waals surface area contributed by atoms with Gasteiger partial charge in [0.1, 0.15) is 6.10 Å². The van der Waals surface area contributed by atoms with Crippen molar-refractivity contribution < 1.29 is 4.74 Å². The first-order chi connectivity index (χ1) is 9.90. The fourth-order valence-corrected chi connectivity index (χ4v) is 1.76. The molecule has 0 spiro atoms. The molecule has 2 rings (SSSR count). The van der Waals surface area contributed by atoms with E-state index in [4.69, 9.17) is 11.2 Å². The van der Waals surface area contributed by atoms with Crippen LogP contribution in [0, 0.1) is 24.2 Å². The van der Waals surface area contributed by atoms with Gasteiger partial charge in [-0.25, -0.2) is 0 Å². The highest BCUT2D eigenvalue weighted by molar-refractivity contribution is 5.36. The Morgan fingerprint density at radius 2 is 1.60 bits per heavy atom. The van der Waals surface area contributed by atoms with Gasteiger partial charge in [0.2, 0.25) is 0 Å². The van der Waals surface area contributed by atoms with E-state index in [1.807, 2.05) is 60.7 Å². The van der Waals surface area contributed by atoms with Gasteiger partial charge in [-0.2, -0.15) is 0 Å². The predicted octanol–water partition coefficient (Wildman–Crippen LogP) is 3.82. The van der Waals surface area contributed by atoms with Gasteiger partial charge < -0.3 is 4.74 Å². The van der Waals surface area contributed by atoms with E-state index in [9.17, 15) is 0 Å². The molecule has 0 aromatic heterocycles. The predicted molar refractivity (Wildman–Crippen MR) is 81.9 cm³/mol. The molecule has 0 aliphatic carbocycles. The number of hydrogen-bond donors (Lipinski definition) is 0. The van der Waals surface area contributed by atoms with Crippen LogP contribution in [0.1, 0.15) is 23.7 Å². The van der Waals surface area contributed by atoms with Gasteiger partial charge in [-0.05, 0) is 17.7 Å². The van der Waals surface area contributed by atoms with Gasteiger partial charge in [-0.15, -0.1) is 12.3 Å². The molecule has 0 aliphatic rings. The standard InChI is InChI=1S/C19H16O/c1-2-3-16-20-19(18-12-8-5-9-13-18)15-14-17-10-6-4-7-11-17/h1,4-13,19H,3,16H2. The lowest BCUT2D eigenvalue weighted by Gasteiger charge is -2.11. The summed E-state index contributed by atoms with van der Waals surface area (Å²) >= 11 is 0. The largest absolute Gasteiger partial charge is 0.360 e. The molecule has 0 heterocycles. The van der Waals surface area contributed by atoms with E-state index in [0.29, 0.717) is 13.0 Å². The van der Waals surface area contributed by atoms with Crippen LogP contribution >= 0.6 is 0 Å². The van der Waals surface area contributed by atoms with Crippen LogP contribution in [-0.2, 0) is 4.74 Å². The first-order valence-corrected chi connectivity index (χ1v) is 6.57. The molecular formula is C19H16O. The fraction of sp³-hybridized carbons (Fsp3) is 0.158. The highest BCUT2D eigenvalue weighted by Gasteiger charge is 2.07. The molecule has 0 fully saturated rings. The summed E-state index contributed by atoms with van der Waals surface area (Å²) in [6.07, 6.45) is 5.60. The summed E-state index contributed by atoms with van der Waals surface area (Å²) in [6, 6.07) is 19.9. The van der Waals surface area contributed by atoms with Crippen molar-refractivity contribution in [2.45, 2.75) is 12.5 Å². The van der Waals surface area contributed by atoms with Crippen molar-refractivity contribution in [1.29, 1.82) is 0 Å². The summed E-state index contributed by atoms with van der Waals surface area (Å²) in [5.74, 6) is 8.89. The number of rotatable bonds is 4. The maximum Gasteiger partial charge on any atom is 0.143 e. The van der Waals surface area contributed by atoms with E-state index in [2.05, 4.69) is 17.8 Å². The van der Waals surface area contributed by atoms with E-state index in [1.165, 1.54) is 0 Å². The van der Waals surface area contributed by atoms with Crippen LogP contribution in [-0.4, -0.2) is 6.61 Å². The lowest BCUT2D eigenvalue weighted by Crippen LogP contribution is -2.03. The van der Waals surface area contributed by atoms with E-state index in [0.717, 1.165) is 11.1 Å². The van der Waals surface area contributed by atoms with Gasteiger partial charge in [0.05, 0.1) is 6.61 Å². The average Bonchev–Trinajstić information content (AvgIpc) is 2.52. The van der Waals surface area contributed by atoms with E-state index >= 15 is 0 Å². The second-order valence-electron chi connectivity index (χ2n) is 4.25. The molecule has 2 aromatic carbocycles. The third-order valence-electron chi connectivity index (χ3n) is 2.75. The molecule has 0 saturated carbocycles. The Morgan fingerprint density at radius 1 is 0.950 bits per heavy atom. The molecule has 1 nitrogen and oxygen atoms in total. The minimum absolute atomic E-state index is 0.246. The summed E-state index contributed by atoms with van der Waals surface area (Å²) in [4.78, 5) is 0. The lowest BCUT2D eigenvalue weighted by molar-refractivity contribution is 0.0967. The third-order valence-corrected chi connectivity index (χ3v) is 2.75. The Balaban J connectivity index is 2.15. The molecule has 1 heteroatoms. The smallest absolute Gasteiger partial charge is 0.143 e. The Labute approximate surface area is 120 Å². The molecule has 0 amide bonds. The third kappa shape index (κ3) is 4.32. The first-order valence-electron chi connectivity index (χ1n) is 6.57. The van der Waals surface area contributed by atoms with Gasteiger partial charge in [0.25, 0.3) is 0 Å². The Kier molecular flexibility index (Phi) is 5.47. The zero-order chi connectivity index (χ0) is 14.0. The van der Waals surface area contributed by atoms with Gasteiger partial charge in [-0.1, -0.05) is 60.4 Å². The molecule has 98 valence electrons. The summed E-state index contributed by atoms with van der Waals surface area (Å²) in [6.45, 7) is 0.513. The minimum Gasteiger partial charge on any atom is -0.360 e. The molecule has 0 radical (unpaired) electrons. The van der Waals surface area contributed by atoms with Gasteiger partial charge in [0, 0.05) is 12.0 Å². The maximum absolute atomic E-state index is 5.77. The van der Waals surface area contributed by atoms with Gasteiger partial charge in [-0.3, -0.25) is 0 Å². The molecule has 20 heavy (non-hydrogen) atoms. The molecule has 0 aliphatic heterocycles. The van der Waals surface area contributed by atoms with Crippen LogP contribution in [0.25, 0.3) is 0 Å². The molecule has 0 bridgehead atoms. The molecule has 1 atom stereocenters. The monoisotopic (exact) mass is 260 g/mol. The van der Waals surface area contributed by atoms with Crippen LogP contribution in [0.3, 0.4) is 0 Å². The quantitative estimate of drug-likeness (QED) is 0.600. The number of ether oxygens (including phenoxy) is 1. The Morgan fingerprint density at radius 3 is 2.25 bits per heavy atom. The van der Waals surface area contributed by atoms with Crippen molar-refractivity contribution >= 4 is 0 Å². The van der Waals surface area contributed by atoms with Crippen LogP contribution in [0.2, 0.25) is 0 Å². The summed E-state index contributed by atoms with van der Waals surface area (Å²) < 4.78 is 5.77. The molecule has 0 N–H and O–H groups in total. The molecular weight excluding hydrogens is 244 g/mol. The zero-order valence-electron chi connectivity index (χ0n) is 11.3. The number of benzene rings is 2.